The molecule has 3 rings (SSSR count). The van der Waals surface area contributed by atoms with Crippen molar-refractivity contribution in [3.63, 3.8) is 0 Å². The Bertz CT molecular complexity index is 1030. The largest absolute Gasteiger partial charge is 0.461 e. The topological polar surface area (TPSA) is 89.0 Å². The van der Waals surface area contributed by atoms with Crippen LogP contribution in [0, 0.1) is 13.8 Å². The van der Waals surface area contributed by atoms with E-state index in [0.717, 1.165) is 16.9 Å². The molecule has 1 aromatic carbocycles. The van der Waals surface area contributed by atoms with Crippen molar-refractivity contribution < 1.29 is 14.3 Å². The Balaban J connectivity index is 1.85. The minimum atomic E-state index is -0.455. The normalized spacial score (nSPS) is 11.2. The lowest BCUT2D eigenvalue weighted by Crippen LogP contribution is -2.26. The number of para-hydroxylation sites is 2. The lowest BCUT2D eigenvalue weighted by molar-refractivity contribution is 0.0519. The summed E-state index contributed by atoms with van der Waals surface area (Å²) in [5.74, 6) is 0.0916. The Hall–Kier alpha value is -3.09. The molecule has 0 radical (unpaired) electrons. The number of ether oxygens (including phenoxy) is 1. The molecule has 7 heteroatoms. The lowest BCUT2D eigenvalue weighted by atomic mass is 10.1. The summed E-state index contributed by atoms with van der Waals surface area (Å²) in [7, 11) is 0. The van der Waals surface area contributed by atoms with Crippen LogP contribution >= 0.6 is 0 Å². The molecule has 0 fully saturated rings. The zero-order valence-corrected chi connectivity index (χ0v) is 16.9. The van der Waals surface area contributed by atoms with Crippen molar-refractivity contribution in [3.8, 4) is 0 Å². The van der Waals surface area contributed by atoms with Crippen LogP contribution in [0.15, 0.2) is 24.3 Å². The van der Waals surface area contributed by atoms with Gasteiger partial charge in [0, 0.05) is 11.7 Å². The van der Waals surface area contributed by atoms with Gasteiger partial charge < -0.3 is 19.6 Å². The average molecular weight is 382 g/mol. The number of carbonyl (C=O) groups excluding carboxylic acids is 2. The summed E-state index contributed by atoms with van der Waals surface area (Å²) in [6.07, 6.45) is 0. The van der Waals surface area contributed by atoms with Crippen molar-refractivity contribution in [2.45, 2.75) is 47.2 Å². The monoisotopic (exact) mass is 382 g/mol. The van der Waals surface area contributed by atoms with Crippen molar-refractivity contribution >= 4 is 22.9 Å². The number of H-pyrrole nitrogens is 1. The minimum Gasteiger partial charge on any atom is -0.461 e. The Morgan fingerprint density at radius 1 is 1.25 bits per heavy atom. The third-order valence-electron chi connectivity index (χ3n) is 4.74. The van der Waals surface area contributed by atoms with Gasteiger partial charge in [-0.1, -0.05) is 12.1 Å². The van der Waals surface area contributed by atoms with Gasteiger partial charge in [0.2, 0.25) is 0 Å². The number of nitrogens with one attached hydrogen (secondary N) is 2. The lowest BCUT2D eigenvalue weighted by Gasteiger charge is -2.13. The fourth-order valence-electron chi connectivity index (χ4n) is 3.54. The maximum absolute atomic E-state index is 12.8. The van der Waals surface area contributed by atoms with Gasteiger partial charge in [-0.25, -0.2) is 9.78 Å². The van der Waals surface area contributed by atoms with Gasteiger partial charge in [0.15, 0.2) is 0 Å². The number of imidazole rings is 1. The summed E-state index contributed by atoms with van der Waals surface area (Å²) in [6.45, 7) is 10.0. The van der Waals surface area contributed by atoms with E-state index in [1.165, 1.54) is 0 Å². The number of hydrogen-bond donors (Lipinski definition) is 2. The van der Waals surface area contributed by atoms with Gasteiger partial charge in [0.25, 0.3) is 5.91 Å². The predicted octanol–water partition coefficient (Wildman–Crippen LogP) is 3.67. The number of rotatable bonds is 6. The average Bonchev–Trinajstić information content (AvgIpc) is 3.17. The summed E-state index contributed by atoms with van der Waals surface area (Å²) >= 11 is 0. The second kappa shape index (κ2) is 7.88. The van der Waals surface area contributed by atoms with E-state index in [1.807, 2.05) is 24.3 Å². The highest BCUT2D eigenvalue weighted by molar-refractivity contribution is 6.01. The van der Waals surface area contributed by atoms with Crippen molar-refractivity contribution in [2.24, 2.45) is 0 Å². The number of aromatic nitrogens is 3. The van der Waals surface area contributed by atoms with E-state index in [4.69, 9.17) is 4.74 Å². The summed E-state index contributed by atoms with van der Waals surface area (Å²) in [5.41, 5.74) is 3.95. The smallest absolute Gasteiger partial charge is 0.355 e. The minimum absolute atomic E-state index is 0.213. The molecule has 0 unspecified atom stereocenters. The first-order valence-corrected chi connectivity index (χ1v) is 9.45. The van der Waals surface area contributed by atoms with Gasteiger partial charge >= 0.3 is 5.97 Å². The molecule has 0 aliphatic carbocycles. The number of hydrogen-bond acceptors (Lipinski definition) is 4. The van der Waals surface area contributed by atoms with Crippen molar-refractivity contribution in [1.82, 2.24) is 19.9 Å². The number of aryl methyl sites for hydroxylation is 1. The first-order chi connectivity index (χ1) is 13.3. The molecule has 0 aliphatic rings. The maximum atomic E-state index is 12.8. The van der Waals surface area contributed by atoms with Crippen LogP contribution in [0.3, 0.4) is 0 Å². The number of amides is 1. The van der Waals surface area contributed by atoms with E-state index in [2.05, 4.69) is 33.7 Å². The molecular weight excluding hydrogens is 356 g/mol. The predicted molar refractivity (Wildman–Crippen MR) is 108 cm³/mol. The zero-order valence-electron chi connectivity index (χ0n) is 16.9. The molecule has 0 atom stereocenters. The highest BCUT2D eigenvalue weighted by Gasteiger charge is 2.23. The number of benzene rings is 1. The quantitative estimate of drug-likeness (QED) is 0.637. The van der Waals surface area contributed by atoms with Gasteiger partial charge in [-0.15, -0.1) is 0 Å². The van der Waals surface area contributed by atoms with Crippen LogP contribution in [0.4, 0.5) is 0 Å². The molecule has 7 nitrogen and oxygen atoms in total. The number of carbonyl (C=O) groups is 2. The van der Waals surface area contributed by atoms with Crippen LogP contribution in [0.5, 0.6) is 0 Å². The first kappa shape index (κ1) is 19.7. The highest BCUT2D eigenvalue weighted by atomic mass is 16.5. The van der Waals surface area contributed by atoms with Gasteiger partial charge in [0.05, 0.1) is 29.7 Å². The highest BCUT2D eigenvalue weighted by Crippen LogP contribution is 2.22. The van der Waals surface area contributed by atoms with Crippen molar-refractivity contribution in [1.29, 1.82) is 0 Å². The van der Waals surface area contributed by atoms with Gasteiger partial charge in [-0.05, 0) is 52.3 Å². The van der Waals surface area contributed by atoms with Crippen LogP contribution < -0.4 is 5.32 Å². The van der Waals surface area contributed by atoms with Gasteiger partial charge in [-0.2, -0.15) is 0 Å². The molecule has 0 bridgehead atoms. The van der Waals surface area contributed by atoms with Crippen LogP contribution in [-0.4, -0.2) is 33.0 Å². The second-order valence-corrected chi connectivity index (χ2v) is 7.01. The number of esters is 1. The molecule has 148 valence electrons. The molecule has 2 aromatic heterocycles. The van der Waals surface area contributed by atoms with Gasteiger partial charge in [0.1, 0.15) is 11.5 Å². The third-order valence-corrected chi connectivity index (χ3v) is 4.74. The second-order valence-electron chi connectivity index (χ2n) is 7.01. The number of fused-ring (bicyclic) bond motifs is 1. The Kier molecular flexibility index (Phi) is 5.53. The Labute approximate surface area is 164 Å². The van der Waals surface area contributed by atoms with Crippen molar-refractivity contribution in [3.05, 3.63) is 52.6 Å². The van der Waals surface area contributed by atoms with Crippen LogP contribution in [0.25, 0.3) is 11.0 Å². The fourth-order valence-corrected chi connectivity index (χ4v) is 3.54. The third kappa shape index (κ3) is 3.52. The molecule has 2 heterocycles. The molecule has 0 aliphatic heterocycles. The molecule has 2 N–H and O–H groups in total. The summed E-state index contributed by atoms with van der Waals surface area (Å²) in [6, 6.07) is 8.14. The standard InChI is InChI=1S/C21H26N4O3/c1-6-28-21(27)19-13(4)18(14(5)23-19)20(26)22-11-17-24-15-9-7-8-10-16(15)25(17)12(2)3/h7-10,12,23H,6,11H2,1-5H3,(H,22,26). The summed E-state index contributed by atoms with van der Waals surface area (Å²) < 4.78 is 7.17. The van der Waals surface area contributed by atoms with E-state index < -0.39 is 5.97 Å². The van der Waals surface area contributed by atoms with Crippen LogP contribution in [0.2, 0.25) is 0 Å². The van der Waals surface area contributed by atoms with Crippen LogP contribution in [0.1, 0.15) is 64.7 Å². The van der Waals surface area contributed by atoms with Crippen molar-refractivity contribution in [2.75, 3.05) is 6.61 Å². The molecule has 3 aromatic rings. The fraction of sp³-hybridized carbons (Fsp3) is 0.381. The SMILES string of the molecule is CCOC(=O)c1[nH]c(C)c(C(=O)NCc2nc3ccccc3n2C(C)C)c1C. The van der Waals surface area contributed by atoms with E-state index in [0.29, 0.717) is 29.1 Å². The molecule has 0 spiro atoms. The van der Waals surface area contributed by atoms with E-state index in [9.17, 15) is 9.59 Å². The Morgan fingerprint density at radius 3 is 2.64 bits per heavy atom. The van der Waals surface area contributed by atoms with E-state index >= 15 is 0 Å². The van der Waals surface area contributed by atoms with E-state index in [1.54, 1.807) is 20.8 Å². The molecule has 0 saturated heterocycles. The van der Waals surface area contributed by atoms with E-state index in [-0.39, 0.29) is 18.6 Å². The molecule has 0 saturated carbocycles. The summed E-state index contributed by atoms with van der Waals surface area (Å²) in [5, 5.41) is 2.94. The van der Waals surface area contributed by atoms with Crippen LogP contribution in [-0.2, 0) is 11.3 Å². The van der Waals surface area contributed by atoms with Gasteiger partial charge in [-0.3, -0.25) is 4.79 Å². The summed E-state index contributed by atoms with van der Waals surface area (Å²) in [4.78, 5) is 32.5. The zero-order chi connectivity index (χ0) is 20.4. The number of aromatic amines is 1. The first-order valence-electron chi connectivity index (χ1n) is 9.45. The molecule has 1 amide bonds. The number of nitrogens with zero attached hydrogens (tertiary/aromatic N) is 2. The molecular formula is C21H26N4O3. The Morgan fingerprint density at radius 2 is 1.96 bits per heavy atom. The maximum Gasteiger partial charge on any atom is 0.355 e. The molecule has 28 heavy (non-hydrogen) atoms.